The number of nitrogens with zero attached hydrogens (tertiary/aromatic N) is 1. The van der Waals surface area contributed by atoms with Crippen molar-refractivity contribution in [2.75, 3.05) is 13.1 Å². The third-order valence-corrected chi connectivity index (χ3v) is 4.65. The van der Waals surface area contributed by atoms with Crippen LogP contribution < -0.4 is 5.43 Å². The van der Waals surface area contributed by atoms with Crippen LogP contribution in [0.25, 0.3) is 0 Å². The topological polar surface area (TPSA) is 49.4 Å². The maximum atomic E-state index is 12.6. The van der Waals surface area contributed by atoms with E-state index in [0.29, 0.717) is 13.1 Å². The molecule has 0 amide bonds. The molecule has 4 nitrogen and oxygen atoms in total. The minimum Gasteiger partial charge on any atom is -0.299 e. The number of carbonyl (C=O) groups is 2. The Morgan fingerprint density at radius 3 is 2.50 bits per heavy atom. The molecule has 18 heavy (non-hydrogen) atoms. The van der Waals surface area contributed by atoms with E-state index in [4.69, 9.17) is 6.42 Å². The minimum atomic E-state index is -0.312. The van der Waals surface area contributed by atoms with E-state index >= 15 is 0 Å². The summed E-state index contributed by atoms with van der Waals surface area (Å²) in [5, 5.41) is 1.79. The van der Waals surface area contributed by atoms with E-state index < -0.39 is 0 Å². The van der Waals surface area contributed by atoms with Crippen molar-refractivity contribution >= 4 is 11.6 Å². The van der Waals surface area contributed by atoms with Gasteiger partial charge in [-0.2, -0.15) is 0 Å². The molecular weight excluding hydrogens is 228 g/mol. The van der Waals surface area contributed by atoms with Gasteiger partial charge in [0.2, 0.25) is 0 Å². The van der Waals surface area contributed by atoms with Crippen molar-refractivity contribution in [3.8, 4) is 12.3 Å². The molecule has 1 N–H and O–H groups in total. The van der Waals surface area contributed by atoms with Gasteiger partial charge >= 0.3 is 0 Å². The molecule has 3 aliphatic rings. The van der Waals surface area contributed by atoms with E-state index in [1.54, 1.807) is 5.01 Å². The van der Waals surface area contributed by atoms with Gasteiger partial charge in [-0.25, -0.2) is 5.01 Å². The Kier molecular flexibility index (Phi) is 2.96. The summed E-state index contributed by atoms with van der Waals surface area (Å²) in [6, 6.07) is -0.312. The Labute approximate surface area is 107 Å². The van der Waals surface area contributed by atoms with Gasteiger partial charge in [0.1, 0.15) is 5.78 Å². The Hall–Kier alpha value is -1.18. The molecule has 2 aliphatic carbocycles. The van der Waals surface area contributed by atoms with E-state index in [2.05, 4.69) is 11.3 Å². The lowest BCUT2D eigenvalue weighted by molar-refractivity contribution is -0.147. The lowest BCUT2D eigenvalue weighted by Gasteiger charge is -2.39. The van der Waals surface area contributed by atoms with Crippen molar-refractivity contribution in [1.29, 1.82) is 0 Å². The van der Waals surface area contributed by atoms with Gasteiger partial charge in [-0.05, 0) is 12.8 Å². The predicted octanol–water partition coefficient (Wildman–Crippen LogP) is 0.383. The third-order valence-electron chi connectivity index (χ3n) is 4.65. The number of Topliss-reactive ketones (excluding diaryl/α,β-unsaturated/α-hetero) is 2. The fourth-order valence-electron chi connectivity index (χ4n) is 3.81. The van der Waals surface area contributed by atoms with Crippen LogP contribution in [-0.2, 0) is 9.59 Å². The fraction of sp³-hybridized carbons (Fsp3) is 0.714. The minimum absolute atomic E-state index is 0.0138. The van der Waals surface area contributed by atoms with Crippen molar-refractivity contribution in [1.82, 2.24) is 10.4 Å². The Morgan fingerprint density at radius 1 is 1.17 bits per heavy atom. The second kappa shape index (κ2) is 4.49. The summed E-state index contributed by atoms with van der Waals surface area (Å²) in [7, 11) is 0. The van der Waals surface area contributed by atoms with Crippen LogP contribution in [0.15, 0.2) is 0 Å². The molecule has 0 aromatic rings. The van der Waals surface area contributed by atoms with Crippen LogP contribution in [0, 0.1) is 30.1 Å². The standard InChI is InChI=1S/C14H18N2O2/c1-2-7-16-12-11(8-15-16)13(17)9-5-3-4-6-10(9)14(12)18/h1,9-12,15H,3-8H2. The SMILES string of the molecule is C#CCN1NCC2C(=O)C3CCCCC3C(=O)C21. The summed E-state index contributed by atoms with van der Waals surface area (Å²) in [4.78, 5) is 25.0. The summed E-state index contributed by atoms with van der Waals surface area (Å²) in [6.45, 7) is 0.956. The monoisotopic (exact) mass is 246 g/mol. The largest absolute Gasteiger partial charge is 0.299 e. The molecule has 0 aromatic heterocycles. The van der Waals surface area contributed by atoms with Crippen molar-refractivity contribution < 1.29 is 9.59 Å². The molecule has 0 spiro atoms. The molecule has 4 heteroatoms. The molecule has 1 aliphatic heterocycles. The number of rotatable bonds is 1. The molecule has 1 heterocycles. The van der Waals surface area contributed by atoms with Crippen LogP contribution >= 0.6 is 0 Å². The van der Waals surface area contributed by atoms with E-state index in [1.165, 1.54) is 0 Å². The molecule has 0 radical (unpaired) electrons. The zero-order valence-corrected chi connectivity index (χ0v) is 10.4. The summed E-state index contributed by atoms with van der Waals surface area (Å²) >= 11 is 0. The highest BCUT2D eigenvalue weighted by Crippen LogP contribution is 2.41. The maximum Gasteiger partial charge on any atom is 0.155 e. The molecule has 0 bridgehead atoms. The van der Waals surface area contributed by atoms with E-state index in [0.717, 1.165) is 25.7 Å². The number of nitrogens with one attached hydrogen (secondary N) is 1. The second-order valence-corrected chi connectivity index (χ2v) is 5.55. The maximum absolute atomic E-state index is 12.6. The van der Waals surface area contributed by atoms with Crippen molar-refractivity contribution in [3.63, 3.8) is 0 Å². The lowest BCUT2D eigenvalue weighted by atomic mass is 9.64. The summed E-state index contributed by atoms with van der Waals surface area (Å²) in [6.07, 6.45) is 9.24. The molecule has 0 aromatic carbocycles. The van der Waals surface area contributed by atoms with Gasteiger partial charge < -0.3 is 0 Å². The zero-order valence-electron chi connectivity index (χ0n) is 10.4. The number of fused-ring (bicyclic) bond motifs is 2. The molecule has 4 atom stereocenters. The smallest absolute Gasteiger partial charge is 0.155 e. The number of carbonyl (C=O) groups excluding carboxylic acids is 2. The number of hydrogen-bond donors (Lipinski definition) is 1. The Balaban J connectivity index is 1.89. The van der Waals surface area contributed by atoms with Gasteiger partial charge in [0, 0.05) is 18.4 Å². The van der Waals surface area contributed by atoms with Gasteiger partial charge in [-0.15, -0.1) is 6.42 Å². The summed E-state index contributed by atoms with van der Waals surface area (Å²) in [5.41, 5.74) is 3.12. The summed E-state index contributed by atoms with van der Waals surface area (Å²) < 4.78 is 0. The van der Waals surface area contributed by atoms with Crippen LogP contribution in [0.2, 0.25) is 0 Å². The zero-order chi connectivity index (χ0) is 12.7. The van der Waals surface area contributed by atoms with Crippen molar-refractivity contribution in [3.05, 3.63) is 0 Å². The number of hydrogen-bond acceptors (Lipinski definition) is 4. The fourth-order valence-corrected chi connectivity index (χ4v) is 3.81. The van der Waals surface area contributed by atoms with Crippen LogP contribution in [0.1, 0.15) is 25.7 Å². The van der Waals surface area contributed by atoms with Crippen LogP contribution in [0.5, 0.6) is 0 Å². The Morgan fingerprint density at radius 2 is 1.83 bits per heavy atom. The first-order valence-electron chi connectivity index (χ1n) is 6.75. The molecule has 96 valence electrons. The van der Waals surface area contributed by atoms with Crippen molar-refractivity contribution in [2.45, 2.75) is 31.7 Å². The average molecular weight is 246 g/mol. The molecule has 4 unspecified atom stereocenters. The first-order chi connectivity index (χ1) is 8.74. The summed E-state index contributed by atoms with van der Waals surface area (Å²) in [5.74, 6) is 2.84. The first kappa shape index (κ1) is 11.9. The number of ketones is 2. The Bertz CT molecular complexity index is 426. The van der Waals surface area contributed by atoms with Crippen LogP contribution in [0.3, 0.4) is 0 Å². The highest BCUT2D eigenvalue weighted by Gasteiger charge is 2.54. The second-order valence-electron chi connectivity index (χ2n) is 5.55. The van der Waals surface area contributed by atoms with Crippen LogP contribution in [-0.4, -0.2) is 35.7 Å². The predicted molar refractivity (Wildman–Crippen MR) is 66.3 cm³/mol. The van der Waals surface area contributed by atoms with Gasteiger partial charge in [0.05, 0.1) is 18.5 Å². The number of terminal acetylenes is 1. The lowest BCUT2D eigenvalue weighted by Crippen LogP contribution is -2.55. The highest BCUT2D eigenvalue weighted by atomic mass is 16.1. The first-order valence-corrected chi connectivity index (χ1v) is 6.75. The average Bonchev–Trinajstić information content (AvgIpc) is 2.81. The van der Waals surface area contributed by atoms with Crippen molar-refractivity contribution in [2.24, 2.45) is 17.8 Å². The number of hydrazine groups is 1. The van der Waals surface area contributed by atoms with E-state index in [9.17, 15) is 9.59 Å². The molecule has 1 saturated heterocycles. The van der Waals surface area contributed by atoms with Gasteiger partial charge in [0.15, 0.2) is 5.78 Å². The molecule has 3 fully saturated rings. The van der Waals surface area contributed by atoms with E-state index in [1.807, 2.05) is 0 Å². The normalized spacial score (nSPS) is 40.2. The van der Waals surface area contributed by atoms with E-state index in [-0.39, 0.29) is 35.4 Å². The van der Waals surface area contributed by atoms with Gasteiger partial charge in [-0.3, -0.25) is 15.0 Å². The van der Waals surface area contributed by atoms with Gasteiger partial charge in [-0.1, -0.05) is 18.8 Å². The van der Waals surface area contributed by atoms with Gasteiger partial charge in [0.25, 0.3) is 0 Å². The molecule has 2 saturated carbocycles. The van der Waals surface area contributed by atoms with Crippen LogP contribution in [0.4, 0.5) is 0 Å². The highest BCUT2D eigenvalue weighted by molar-refractivity contribution is 6.02. The molecular formula is C14H18N2O2. The molecule has 3 rings (SSSR count). The quantitative estimate of drug-likeness (QED) is 0.680. The third kappa shape index (κ3) is 1.62.